The first-order chi connectivity index (χ1) is 19.1. The van der Waals surface area contributed by atoms with E-state index in [2.05, 4.69) is 15.6 Å². The molecule has 0 saturated carbocycles. The van der Waals surface area contributed by atoms with E-state index in [1.165, 1.54) is 24.1 Å². The lowest BCUT2D eigenvalue weighted by Gasteiger charge is -2.25. The molecule has 4 N–H and O–H groups in total. The Bertz CT molecular complexity index is 1530. The van der Waals surface area contributed by atoms with Gasteiger partial charge in [0.15, 0.2) is 0 Å². The number of ketones is 1. The van der Waals surface area contributed by atoms with Crippen LogP contribution in [-0.4, -0.2) is 76.9 Å². The maximum Gasteiger partial charge on any atom is 0.305 e. The Hall–Kier alpha value is -5.33. The molecule has 0 fully saturated rings. The lowest BCUT2D eigenvalue weighted by Crippen LogP contribution is -2.55. The highest BCUT2D eigenvalue weighted by atomic mass is 16.4. The van der Waals surface area contributed by atoms with Crippen molar-refractivity contribution in [3.05, 3.63) is 60.3 Å². The molecule has 0 unspecified atom stereocenters. The van der Waals surface area contributed by atoms with Crippen molar-refractivity contribution in [3.63, 3.8) is 0 Å². The number of carbonyl (C=O) groups is 7. The van der Waals surface area contributed by atoms with Crippen LogP contribution in [0.3, 0.4) is 0 Å². The smallest absolute Gasteiger partial charge is 0.305 e. The number of carbonyl (C=O) groups excluding carboxylic acids is 6. The van der Waals surface area contributed by atoms with Crippen LogP contribution in [0.1, 0.15) is 23.7 Å². The second-order valence-electron chi connectivity index (χ2n) is 9.05. The molecule has 3 aromatic rings. The molecule has 4 rings (SSSR count). The molecule has 1 aliphatic heterocycles. The Balaban J connectivity index is 1.63. The van der Waals surface area contributed by atoms with Crippen molar-refractivity contribution in [2.75, 3.05) is 22.9 Å². The zero-order valence-electron chi connectivity index (χ0n) is 21.2. The number of rotatable bonds is 9. The zero-order valence-corrected chi connectivity index (χ0v) is 21.2. The number of carboxylic acids is 1. The van der Waals surface area contributed by atoms with Gasteiger partial charge in [-0.05, 0) is 18.2 Å². The monoisotopic (exact) mass is 547 g/mol. The number of para-hydroxylation sites is 3. The van der Waals surface area contributed by atoms with Gasteiger partial charge in [0.2, 0.25) is 11.8 Å². The molecule has 0 saturated heterocycles. The van der Waals surface area contributed by atoms with E-state index in [0.717, 1.165) is 4.90 Å². The van der Waals surface area contributed by atoms with Crippen molar-refractivity contribution >= 4 is 63.9 Å². The van der Waals surface area contributed by atoms with Crippen molar-refractivity contribution in [1.82, 2.24) is 15.6 Å². The first kappa shape index (κ1) is 27.7. The highest BCUT2D eigenvalue weighted by Crippen LogP contribution is 2.33. The van der Waals surface area contributed by atoms with Crippen LogP contribution < -0.4 is 20.4 Å². The molecule has 40 heavy (non-hydrogen) atoms. The second kappa shape index (κ2) is 11.6. The number of anilines is 2. The number of amides is 4. The van der Waals surface area contributed by atoms with Crippen LogP contribution in [0.5, 0.6) is 0 Å². The topological polar surface area (TPSA) is 186 Å². The molecule has 206 valence electrons. The van der Waals surface area contributed by atoms with Crippen LogP contribution in [0.25, 0.3) is 10.9 Å². The number of aldehydes is 1. The van der Waals surface area contributed by atoms with Crippen molar-refractivity contribution < 1.29 is 38.7 Å². The molecule has 1 aliphatic rings. The average Bonchev–Trinajstić information content (AvgIpc) is 3.32. The predicted octanol–water partition coefficient (Wildman–Crippen LogP) is 0.394. The number of nitrogens with zero attached hydrogens (tertiary/aromatic N) is 2. The molecule has 4 amide bonds. The number of benzene rings is 2. The first-order valence-corrected chi connectivity index (χ1v) is 12.2. The van der Waals surface area contributed by atoms with Gasteiger partial charge in [-0.2, -0.15) is 0 Å². The first-order valence-electron chi connectivity index (χ1n) is 12.2. The maximum absolute atomic E-state index is 13.7. The number of hydrogen-bond donors (Lipinski definition) is 4. The van der Waals surface area contributed by atoms with Crippen molar-refractivity contribution in [2.24, 2.45) is 0 Å². The number of hydrogen-bond acceptors (Lipinski definition) is 7. The number of nitrogens with one attached hydrogen (secondary N) is 3. The van der Waals surface area contributed by atoms with Crippen LogP contribution >= 0.6 is 0 Å². The molecule has 0 aliphatic carbocycles. The summed E-state index contributed by atoms with van der Waals surface area (Å²) in [5.74, 6) is -5.42. The largest absolute Gasteiger partial charge is 0.481 e. The highest BCUT2D eigenvalue weighted by molar-refractivity contribution is 6.45. The summed E-state index contributed by atoms with van der Waals surface area (Å²) in [6.07, 6.45) is 0.990. The van der Waals surface area contributed by atoms with Gasteiger partial charge in [-0.1, -0.05) is 30.3 Å². The summed E-state index contributed by atoms with van der Waals surface area (Å²) in [6.45, 7) is 0.278. The van der Waals surface area contributed by atoms with Crippen LogP contribution in [0.15, 0.2) is 54.7 Å². The lowest BCUT2D eigenvalue weighted by atomic mass is 10.1. The molecule has 13 nitrogen and oxygen atoms in total. The third-order valence-corrected chi connectivity index (χ3v) is 6.33. The van der Waals surface area contributed by atoms with Crippen molar-refractivity contribution in [3.8, 4) is 0 Å². The minimum atomic E-state index is -1.42. The van der Waals surface area contributed by atoms with Gasteiger partial charge in [0.05, 0.1) is 35.9 Å². The molecule has 2 atom stereocenters. The van der Waals surface area contributed by atoms with E-state index >= 15 is 0 Å². The minimum absolute atomic E-state index is 0.0930. The second-order valence-corrected chi connectivity index (χ2v) is 9.05. The van der Waals surface area contributed by atoms with Gasteiger partial charge in [-0.25, -0.2) is 0 Å². The van der Waals surface area contributed by atoms with Gasteiger partial charge >= 0.3 is 5.97 Å². The van der Waals surface area contributed by atoms with Crippen LogP contribution in [-0.2, 0) is 28.8 Å². The maximum atomic E-state index is 13.7. The fourth-order valence-corrected chi connectivity index (χ4v) is 4.48. The molecule has 0 spiro atoms. The van der Waals surface area contributed by atoms with Crippen molar-refractivity contribution in [2.45, 2.75) is 25.4 Å². The predicted molar refractivity (Wildman–Crippen MR) is 142 cm³/mol. The van der Waals surface area contributed by atoms with Gasteiger partial charge < -0.3 is 30.4 Å². The summed E-state index contributed by atoms with van der Waals surface area (Å²) in [5, 5.41) is 14.1. The summed E-state index contributed by atoms with van der Waals surface area (Å²) >= 11 is 0. The van der Waals surface area contributed by atoms with Crippen LogP contribution in [0, 0.1) is 0 Å². The van der Waals surface area contributed by atoms with Crippen LogP contribution in [0.4, 0.5) is 11.4 Å². The third-order valence-electron chi connectivity index (χ3n) is 6.33. The number of aliphatic carboxylic acids is 1. The fourth-order valence-electron chi connectivity index (χ4n) is 4.48. The van der Waals surface area contributed by atoms with Gasteiger partial charge in [-0.15, -0.1) is 0 Å². The summed E-state index contributed by atoms with van der Waals surface area (Å²) in [5.41, 5.74) is 1.17. The third kappa shape index (κ3) is 5.72. The summed E-state index contributed by atoms with van der Waals surface area (Å²) < 4.78 is 0. The molecule has 0 bridgehead atoms. The Labute approximate surface area is 227 Å². The summed E-state index contributed by atoms with van der Waals surface area (Å²) in [7, 11) is 0. The molecular weight excluding hydrogens is 522 g/mol. The highest BCUT2D eigenvalue weighted by Gasteiger charge is 2.38. The molecule has 0 radical (unpaired) electrons. The van der Waals surface area contributed by atoms with E-state index in [4.69, 9.17) is 5.11 Å². The van der Waals surface area contributed by atoms with E-state index in [-0.39, 0.29) is 29.8 Å². The number of fused-ring (bicyclic) bond motifs is 2. The fraction of sp³-hybridized carbons (Fsp3) is 0.222. The quantitative estimate of drug-likeness (QED) is 0.168. The number of Topliss-reactive ketones (excluding diaryl/α,β-unsaturated/α-hetero) is 1. The van der Waals surface area contributed by atoms with Gasteiger partial charge in [-0.3, -0.25) is 33.7 Å². The van der Waals surface area contributed by atoms with Gasteiger partial charge in [0.25, 0.3) is 17.6 Å². The van der Waals surface area contributed by atoms with Crippen molar-refractivity contribution in [1.29, 1.82) is 0 Å². The standard InChI is InChI=1S/C27H25N5O8/c1-15(34)31-12-20(30-26(39)25(38)18-11-28-19-7-3-2-6-17(18)19)27(40)32(22-9-5-4-8-21(22)31)13-23(35)29-16(14-33)10-24(36)37/h2-9,11,14,16,20,28H,10,12-13H2,1H3,(H,29,35)(H,30,39)(H,36,37)/t16-,20-/m0/s1. The SMILES string of the molecule is CC(=O)N1C[C@H](NC(=O)C(=O)c2c[nH]c3ccccc23)C(=O)N(CC(=O)N[C@H](C=O)CC(=O)O)c2ccccc21. The number of carboxylic acid groups (broad SMARTS) is 1. The Morgan fingerprint density at radius 2 is 1.75 bits per heavy atom. The van der Waals surface area contributed by atoms with E-state index < -0.39 is 60.4 Å². The Morgan fingerprint density at radius 1 is 1.07 bits per heavy atom. The Kier molecular flexibility index (Phi) is 8.03. The van der Waals surface area contributed by atoms with Crippen LogP contribution in [0.2, 0.25) is 0 Å². The number of H-pyrrole nitrogens is 1. The normalized spacial score (nSPS) is 15.5. The molecule has 1 aromatic heterocycles. The summed E-state index contributed by atoms with van der Waals surface area (Å²) in [4.78, 5) is 92.5. The molecule has 13 heteroatoms. The van der Waals surface area contributed by atoms with E-state index in [1.54, 1.807) is 42.5 Å². The molecular formula is C27H25N5O8. The van der Waals surface area contributed by atoms with Gasteiger partial charge in [0.1, 0.15) is 18.9 Å². The lowest BCUT2D eigenvalue weighted by molar-refractivity contribution is -0.139. The number of aromatic nitrogens is 1. The zero-order chi connectivity index (χ0) is 29.0. The van der Waals surface area contributed by atoms with E-state index in [9.17, 15) is 33.6 Å². The minimum Gasteiger partial charge on any atom is -0.481 e. The number of aromatic amines is 1. The van der Waals surface area contributed by atoms with E-state index in [1.807, 2.05) is 0 Å². The van der Waals surface area contributed by atoms with E-state index in [0.29, 0.717) is 10.9 Å². The molecule has 2 heterocycles. The summed E-state index contributed by atoms with van der Waals surface area (Å²) in [6, 6.07) is 10.3. The molecule has 2 aromatic carbocycles. The average molecular weight is 548 g/mol. The Morgan fingerprint density at radius 3 is 2.42 bits per heavy atom. The van der Waals surface area contributed by atoms with Gasteiger partial charge in [0, 0.05) is 24.0 Å².